The Balaban J connectivity index is 1.72. The van der Waals surface area contributed by atoms with Crippen molar-refractivity contribution in [1.29, 1.82) is 0 Å². The maximum atomic E-state index is 12.5. The molecule has 1 saturated carbocycles. The summed E-state index contributed by atoms with van der Waals surface area (Å²) in [5, 5.41) is 3.32. The minimum absolute atomic E-state index is 0.00411. The van der Waals surface area contributed by atoms with Gasteiger partial charge in [-0.3, -0.25) is 14.4 Å². The zero-order valence-electron chi connectivity index (χ0n) is 14.1. The highest BCUT2D eigenvalue weighted by molar-refractivity contribution is 7.17. The van der Waals surface area contributed by atoms with Crippen molar-refractivity contribution >= 4 is 34.1 Å². The lowest BCUT2D eigenvalue weighted by Gasteiger charge is -2.26. The fourth-order valence-electron chi connectivity index (χ4n) is 3.23. The third kappa shape index (κ3) is 3.22. The second-order valence-corrected chi connectivity index (χ2v) is 7.45. The van der Waals surface area contributed by atoms with Crippen LogP contribution < -0.4 is 5.32 Å². The Morgan fingerprint density at radius 2 is 1.92 bits per heavy atom. The van der Waals surface area contributed by atoms with Crippen LogP contribution in [0.3, 0.4) is 0 Å². The first kappa shape index (κ1) is 17.1. The summed E-state index contributed by atoms with van der Waals surface area (Å²) in [6, 6.07) is 0. The molecule has 6 nitrogen and oxygen atoms in total. The van der Waals surface area contributed by atoms with E-state index < -0.39 is 0 Å². The zero-order chi connectivity index (χ0) is 17.3. The highest BCUT2D eigenvalue weighted by atomic mass is 32.1. The first-order valence-electron chi connectivity index (χ1n) is 8.66. The lowest BCUT2D eigenvalue weighted by Crippen LogP contribution is -2.39. The van der Waals surface area contributed by atoms with Gasteiger partial charge >= 0.3 is 0 Å². The number of ketones is 1. The zero-order valence-corrected chi connectivity index (χ0v) is 14.9. The molecule has 0 spiro atoms. The van der Waals surface area contributed by atoms with E-state index in [1.165, 1.54) is 11.3 Å². The predicted octanol–water partition coefficient (Wildman–Crippen LogP) is 2.50. The van der Waals surface area contributed by atoms with Crippen molar-refractivity contribution in [3.63, 3.8) is 0 Å². The summed E-state index contributed by atoms with van der Waals surface area (Å²) in [7, 11) is 0. The molecule has 7 heteroatoms. The first-order chi connectivity index (χ1) is 11.5. The maximum absolute atomic E-state index is 12.5. The summed E-state index contributed by atoms with van der Waals surface area (Å²) in [6.07, 6.45) is 3.67. The lowest BCUT2D eigenvalue weighted by atomic mass is 9.85. The maximum Gasteiger partial charge on any atom is 0.229 e. The van der Waals surface area contributed by atoms with E-state index in [1.807, 2.05) is 13.8 Å². The van der Waals surface area contributed by atoms with Gasteiger partial charge in [-0.2, -0.15) is 0 Å². The van der Waals surface area contributed by atoms with Crippen LogP contribution in [-0.2, 0) is 16.0 Å². The SMILES string of the molecule is CCN(CC)C(=O)C1CC(=O)c2sc(NC(=O)C3CCC3)nc2C1. The molecule has 0 saturated heterocycles. The van der Waals surface area contributed by atoms with Crippen LogP contribution in [0.25, 0.3) is 0 Å². The van der Waals surface area contributed by atoms with E-state index in [-0.39, 0.29) is 35.9 Å². The monoisotopic (exact) mass is 349 g/mol. The van der Waals surface area contributed by atoms with E-state index in [9.17, 15) is 14.4 Å². The van der Waals surface area contributed by atoms with Crippen LogP contribution in [-0.4, -0.2) is 40.6 Å². The van der Waals surface area contributed by atoms with Gasteiger partial charge in [0.15, 0.2) is 10.9 Å². The molecule has 0 radical (unpaired) electrons. The molecule has 1 atom stereocenters. The molecule has 1 aromatic rings. The number of aromatic nitrogens is 1. The van der Waals surface area contributed by atoms with Crippen LogP contribution >= 0.6 is 11.3 Å². The van der Waals surface area contributed by atoms with E-state index in [1.54, 1.807) is 4.90 Å². The van der Waals surface area contributed by atoms with Gasteiger partial charge in [-0.05, 0) is 26.7 Å². The van der Waals surface area contributed by atoms with Gasteiger partial charge in [0, 0.05) is 31.8 Å². The fourth-order valence-corrected chi connectivity index (χ4v) is 4.17. The third-order valence-corrected chi connectivity index (χ3v) is 6.01. The Morgan fingerprint density at radius 1 is 1.21 bits per heavy atom. The number of Topliss-reactive ketones (excluding diaryl/α,β-unsaturated/α-hetero) is 1. The molecule has 2 aliphatic rings. The van der Waals surface area contributed by atoms with Crippen LogP contribution in [0.2, 0.25) is 0 Å². The summed E-state index contributed by atoms with van der Waals surface area (Å²) < 4.78 is 0. The van der Waals surface area contributed by atoms with E-state index in [4.69, 9.17) is 0 Å². The lowest BCUT2D eigenvalue weighted by molar-refractivity contribution is -0.135. The van der Waals surface area contributed by atoms with Gasteiger partial charge in [-0.1, -0.05) is 17.8 Å². The Labute approximate surface area is 145 Å². The Kier molecular flexibility index (Phi) is 4.99. The van der Waals surface area contributed by atoms with Gasteiger partial charge in [-0.15, -0.1) is 0 Å². The van der Waals surface area contributed by atoms with Crippen LogP contribution in [0, 0.1) is 11.8 Å². The normalized spacial score (nSPS) is 20.2. The van der Waals surface area contributed by atoms with Crippen molar-refractivity contribution < 1.29 is 14.4 Å². The number of nitrogens with one attached hydrogen (secondary N) is 1. The molecule has 0 bridgehead atoms. The van der Waals surface area contributed by atoms with Crippen molar-refractivity contribution in [2.75, 3.05) is 18.4 Å². The fraction of sp³-hybridized carbons (Fsp3) is 0.647. The molecule has 1 unspecified atom stereocenters. The molecule has 3 rings (SSSR count). The van der Waals surface area contributed by atoms with Crippen molar-refractivity contribution in [3.8, 4) is 0 Å². The summed E-state index contributed by atoms with van der Waals surface area (Å²) >= 11 is 1.24. The molecule has 0 aromatic carbocycles. The summed E-state index contributed by atoms with van der Waals surface area (Å²) in [6.45, 7) is 5.17. The average Bonchev–Trinajstić information content (AvgIpc) is 2.89. The van der Waals surface area contributed by atoms with Crippen molar-refractivity contribution in [2.24, 2.45) is 11.8 Å². The Hall–Kier alpha value is -1.76. The average molecular weight is 349 g/mol. The standard InChI is InChI=1S/C17H23N3O3S/c1-3-20(4-2)16(23)11-8-12-14(13(21)9-11)24-17(18-12)19-15(22)10-6-5-7-10/h10-11H,3-9H2,1-2H3,(H,18,19,22). The van der Waals surface area contributed by atoms with Gasteiger partial charge in [0.1, 0.15) is 0 Å². The number of thiazole rings is 1. The number of hydrogen-bond acceptors (Lipinski definition) is 5. The van der Waals surface area contributed by atoms with E-state index in [0.717, 1.165) is 19.3 Å². The van der Waals surface area contributed by atoms with Gasteiger partial charge in [0.05, 0.1) is 16.5 Å². The minimum atomic E-state index is -0.331. The number of rotatable bonds is 5. The number of carbonyl (C=O) groups is 3. The van der Waals surface area contributed by atoms with Crippen LogP contribution in [0.1, 0.15) is 54.9 Å². The van der Waals surface area contributed by atoms with Crippen LogP contribution in [0.5, 0.6) is 0 Å². The van der Waals surface area contributed by atoms with E-state index in [2.05, 4.69) is 10.3 Å². The van der Waals surface area contributed by atoms with Crippen molar-refractivity contribution in [3.05, 3.63) is 10.6 Å². The highest BCUT2D eigenvalue weighted by Crippen LogP contribution is 2.34. The van der Waals surface area contributed by atoms with Gasteiger partial charge in [-0.25, -0.2) is 4.98 Å². The van der Waals surface area contributed by atoms with E-state index in [0.29, 0.717) is 35.2 Å². The molecule has 130 valence electrons. The molecule has 0 aliphatic heterocycles. The molecular weight excluding hydrogens is 326 g/mol. The number of anilines is 1. The summed E-state index contributed by atoms with van der Waals surface area (Å²) in [5.41, 5.74) is 0.658. The van der Waals surface area contributed by atoms with Gasteiger partial charge < -0.3 is 10.2 Å². The second kappa shape index (κ2) is 7.01. The molecule has 1 aromatic heterocycles. The van der Waals surface area contributed by atoms with Crippen LogP contribution in [0.4, 0.5) is 5.13 Å². The molecule has 24 heavy (non-hydrogen) atoms. The smallest absolute Gasteiger partial charge is 0.229 e. The molecular formula is C17H23N3O3S. The van der Waals surface area contributed by atoms with E-state index >= 15 is 0 Å². The topological polar surface area (TPSA) is 79.4 Å². The molecule has 2 amide bonds. The Morgan fingerprint density at radius 3 is 2.50 bits per heavy atom. The van der Waals surface area contributed by atoms with Crippen LogP contribution in [0.15, 0.2) is 0 Å². The van der Waals surface area contributed by atoms with Gasteiger partial charge in [0.25, 0.3) is 0 Å². The quantitative estimate of drug-likeness (QED) is 0.886. The highest BCUT2D eigenvalue weighted by Gasteiger charge is 2.35. The number of carbonyl (C=O) groups excluding carboxylic acids is 3. The summed E-state index contributed by atoms with van der Waals surface area (Å²) in [5.74, 6) is -0.271. The Bertz CT molecular complexity index is 662. The van der Waals surface area contributed by atoms with Crippen molar-refractivity contribution in [1.82, 2.24) is 9.88 Å². The minimum Gasteiger partial charge on any atom is -0.343 e. The number of amides is 2. The number of nitrogens with zero attached hydrogens (tertiary/aromatic N) is 2. The predicted molar refractivity (Wildman–Crippen MR) is 92.2 cm³/mol. The first-order valence-corrected chi connectivity index (χ1v) is 9.47. The summed E-state index contributed by atoms with van der Waals surface area (Å²) in [4.78, 5) is 43.7. The third-order valence-electron chi connectivity index (χ3n) is 4.95. The molecule has 1 N–H and O–H groups in total. The molecule has 2 aliphatic carbocycles. The van der Waals surface area contributed by atoms with Gasteiger partial charge in [0.2, 0.25) is 11.8 Å². The molecule has 1 heterocycles. The van der Waals surface area contributed by atoms with Crippen molar-refractivity contribution in [2.45, 2.75) is 46.0 Å². The second-order valence-electron chi connectivity index (χ2n) is 6.45. The number of fused-ring (bicyclic) bond motifs is 1. The largest absolute Gasteiger partial charge is 0.343 e. The molecule has 1 fully saturated rings. The number of hydrogen-bond donors (Lipinski definition) is 1.